The number of esters is 1. The predicted molar refractivity (Wildman–Crippen MR) is 74.8 cm³/mol. The molecule has 0 unspecified atom stereocenters. The number of nitrogens with one attached hydrogen (secondary N) is 1. The molecule has 0 saturated carbocycles. The molecule has 0 radical (unpaired) electrons. The molecular weight excluding hydrogens is 242 g/mol. The van der Waals surface area contributed by atoms with Gasteiger partial charge in [-0.2, -0.15) is 0 Å². The molecule has 0 fully saturated rings. The van der Waals surface area contributed by atoms with Crippen molar-refractivity contribution in [2.24, 2.45) is 0 Å². The number of ether oxygens (including phenoxy) is 2. The molecule has 0 atom stereocenters. The third kappa shape index (κ3) is 2.57. The van der Waals surface area contributed by atoms with Crippen molar-refractivity contribution < 1.29 is 14.3 Å². The molecule has 1 heterocycles. The molecule has 102 valence electrons. The number of aryl methyl sites for hydroxylation is 1. The van der Waals surface area contributed by atoms with E-state index in [4.69, 9.17) is 9.47 Å². The summed E-state index contributed by atoms with van der Waals surface area (Å²) in [7, 11) is 1.62. The second kappa shape index (κ2) is 5.78. The summed E-state index contributed by atoms with van der Waals surface area (Å²) in [6, 6.07) is 5.68. The van der Waals surface area contributed by atoms with Gasteiger partial charge in [-0.15, -0.1) is 0 Å². The van der Waals surface area contributed by atoms with Crippen molar-refractivity contribution in [2.75, 3.05) is 13.7 Å². The average Bonchev–Trinajstić information content (AvgIpc) is 2.76. The van der Waals surface area contributed by atoms with E-state index in [1.807, 2.05) is 25.1 Å². The van der Waals surface area contributed by atoms with E-state index in [9.17, 15) is 4.79 Å². The van der Waals surface area contributed by atoms with Crippen molar-refractivity contribution in [3.05, 3.63) is 29.5 Å². The fourth-order valence-corrected chi connectivity index (χ4v) is 2.23. The Hall–Kier alpha value is -1.97. The van der Waals surface area contributed by atoms with Gasteiger partial charge in [0.1, 0.15) is 5.75 Å². The van der Waals surface area contributed by atoms with E-state index in [0.29, 0.717) is 12.2 Å². The highest BCUT2D eigenvalue weighted by Gasteiger charge is 2.19. The number of rotatable bonds is 5. The molecule has 4 heteroatoms. The highest BCUT2D eigenvalue weighted by Crippen LogP contribution is 2.28. The monoisotopic (exact) mass is 261 g/mol. The summed E-state index contributed by atoms with van der Waals surface area (Å²) in [6.45, 7) is 4.27. The molecule has 4 nitrogen and oxygen atoms in total. The van der Waals surface area contributed by atoms with E-state index in [-0.39, 0.29) is 5.97 Å². The lowest BCUT2D eigenvalue weighted by molar-refractivity contribution is 0.0527. The quantitative estimate of drug-likeness (QED) is 0.840. The third-order valence-electron chi connectivity index (χ3n) is 3.06. The van der Waals surface area contributed by atoms with Gasteiger partial charge in [-0.25, -0.2) is 4.79 Å². The topological polar surface area (TPSA) is 51.3 Å². The number of hydrogen-bond acceptors (Lipinski definition) is 3. The van der Waals surface area contributed by atoms with Crippen molar-refractivity contribution in [2.45, 2.75) is 26.7 Å². The molecule has 1 aromatic carbocycles. The number of H-pyrrole nitrogens is 1. The van der Waals surface area contributed by atoms with Crippen molar-refractivity contribution in [3.8, 4) is 5.75 Å². The first kappa shape index (κ1) is 13.5. The van der Waals surface area contributed by atoms with Crippen LogP contribution >= 0.6 is 0 Å². The molecule has 0 aliphatic carbocycles. The van der Waals surface area contributed by atoms with Gasteiger partial charge < -0.3 is 14.5 Å². The summed E-state index contributed by atoms with van der Waals surface area (Å²) in [6.07, 6.45) is 1.79. The maximum absolute atomic E-state index is 12.1. The van der Waals surface area contributed by atoms with Crippen LogP contribution in [0.4, 0.5) is 0 Å². The number of hydrogen-bond donors (Lipinski definition) is 1. The third-order valence-corrected chi connectivity index (χ3v) is 3.06. The Balaban J connectivity index is 2.59. The number of carbonyl (C=O) groups is 1. The molecule has 1 N–H and O–H groups in total. The van der Waals surface area contributed by atoms with Crippen LogP contribution in [0.5, 0.6) is 5.75 Å². The van der Waals surface area contributed by atoms with Crippen LogP contribution in [-0.2, 0) is 11.2 Å². The fraction of sp³-hybridized carbons (Fsp3) is 0.400. The number of fused-ring (bicyclic) bond motifs is 1. The predicted octanol–water partition coefficient (Wildman–Crippen LogP) is 3.31. The summed E-state index contributed by atoms with van der Waals surface area (Å²) in [5, 5.41) is 0.862. The van der Waals surface area contributed by atoms with Crippen LogP contribution in [0.15, 0.2) is 18.2 Å². The van der Waals surface area contributed by atoms with E-state index in [1.165, 1.54) is 0 Å². The Labute approximate surface area is 112 Å². The van der Waals surface area contributed by atoms with E-state index in [2.05, 4.69) is 11.9 Å². The molecule has 1 aromatic heterocycles. The maximum Gasteiger partial charge on any atom is 0.340 e. The van der Waals surface area contributed by atoms with Gasteiger partial charge in [-0.1, -0.05) is 13.3 Å². The molecule has 2 aromatic rings. The van der Waals surface area contributed by atoms with E-state index in [0.717, 1.165) is 35.2 Å². The van der Waals surface area contributed by atoms with Gasteiger partial charge in [0, 0.05) is 16.6 Å². The molecule has 0 amide bonds. The van der Waals surface area contributed by atoms with Gasteiger partial charge in [-0.05, 0) is 31.5 Å². The molecule has 0 aliphatic heterocycles. The summed E-state index contributed by atoms with van der Waals surface area (Å²) in [4.78, 5) is 15.4. The molecule has 19 heavy (non-hydrogen) atoms. The van der Waals surface area contributed by atoms with Crippen molar-refractivity contribution in [1.29, 1.82) is 0 Å². The van der Waals surface area contributed by atoms with Crippen LogP contribution in [0.25, 0.3) is 10.9 Å². The summed E-state index contributed by atoms with van der Waals surface area (Å²) in [5.74, 6) is 0.463. The SMILES string of the molecule is CCCc1[nH]c2ccc(OC)cc2c1C(=O)OCC. The molecule has 2 rings (SSSR count). The maximum atomic E-state index is 12.1. The molecular formula is C15H19NO3. The highest BCUT2D eigenvalue weighted by molar-refractivity contribution is 6.06. The number of aromatic amines is 1. The Kier molecular flexibility index (Phi) is 4.10. The normalized spacial score (nSPS) is 10.7. The lowest BCUT2D eigenvalue weighted by Crippen LogP contribution is -2.07. The molecule has 0 spiro atoms. The van der Waals surface area contributed by atoms with Crippen molar-refractivity contribution in [1.82, 2.24) is 4.98 Å². The summed E-state index contributed by atoms with van der Waals surface area (Å²) in [5.41, 5.74) is 2.51. The average molecular weight is 261 g/mol. The van der Waals surface area contributed by atoms with Gasteiger partial charge in [0.2, 0.25) is 0 Å². The minimum atomic E-state index is -0.273. The zero-order valence-electron chi connectivity index (χ0n) is 11.6. The van der Waals surface area contributed by atoms with Crippen LogP contribution in [0.3, 0.4) is 0 Å². The van der Waals surface area contributed by atoms with Crippen LogP contribution < -0.4 is 4.74 Å². The van der Waals surface area contributed by atoms with E-state index < -0.39 is 0 Å². The smallest absolute Gasteiger partial charge is 0.340 e. The first-order valence-corrected chi connectivity index (χ1v) is 6.57. The second-order valence-electron chi connectivity index (χ2n) is 4.36. The Morgan fingerprint density at radius 3 is 2.74 bits per heavy atom. The first-order valence-electron chi connectivity index (χ1n) is 6.57. The second-order valence-corrected chi connectivity index (χ2v) is 4.36. The number of aromatic nitrogens is 1. The fourth-order valence-electron chi connectivity index (χ4n) is 2.23. The standard InChI is InChI=1S/C15H19NO3/c1-4-6-13-14(15(17)19-5-2)11-9-10(18-3)7-8-12(11)16-13/h7-9,16H,4-6H2,1-3H3. The van der Waals surface area contributed by atoms with Gasteiger partial charge in [0.15, 0.2) is 0 Å². The van der Waals surface area contributed by atoms with Crippen molar-refractivity contribution in [3.63, 3.8) is 0 Å². The summed E-state index contributed by atoms with van der Waals surface area (Å²) >= 11 is 0. The number of methoxy groups -OCH3 is 1. The highest BCUT2D eigenvalue weighted by atomic mass is 16.5. The first-order chi connectivity index (χ1) is 9.21. The van der Waals surface area contributed by atoms with Gasteiger partial charge in [-0.3, -0.25) is 0 Å². The van der Waals surface area contributed by atoms with E-state index in [1.54, 1.807) is 7.11 Å². The molecule has 0 saturated heterocycles. The largest absolute Gasteiger partial charge is 0.497 e. The van der Waals surface area contributed by atoms with Gasteiger partial charge in [0.25, 0.3) is 0 Å². The van der Waals surface area contributed by atoms with Crippen LogP contribution in [0.1, 0.15) is 36.3 Å². The zero-order valence-corrected chi connectivity index (χ0v) is 11.6. The zero-order chi connectivity index (χ0) is 13.8. The van der Waals surface area contributed by atoms with Crippen LogP contribution in [0, 0.1) is 0 Å². The lowest BCUT2D eigenvalue weighted by Gasteiger charge is -2.04. The van der Waals surface area contributed by atoms with E-state index >= 15 is 0 Å². The minimum Gasteiger partial charge on any atom is -0.497 e. The molecule has 0 bridgehead atoms. The number of carbonyl (C=O) groups excluding carboxylic acids is 1. The lowest BCUT2D eigenvalue weighted by atomic mass is 10.1. The van der Waals surface area contributed by atoms with Crippen LogP contribution in [-0.4, -0.2) is 24.7 Å². The van der Waals surface area contributed by atoms with Gasteiger partial charge in [0.05, 0.1) is 19.3 Å². The Bertz CT molecular complexity index is 586. The minimum absolute atomic E-state index is 0.273. The Morgan fingerprint density at radius 1 is 1.32 bits per heavy atom. The number of benzene rings is 1. The van der Waals surface area contributed by atoms with Crippen LogP contribution in [0.2, 0.25) is 0 Å². The van der Waals surface area contributed by atoms with Crippen molar-refractivity contribution >= 4 is 16.9 Å². The Morgan fingerprint density at radius 2 is 2.11 bits per heavy atom. The molecule has 0 aliphatic rings. The van der Waals surface area contributed by atoms with Gasteiger partial charge >= 0.3 is 5.97 Å². The summed E-state index contributed by atoms with van der Waals surface area (Å²) < 4.78 is 10.4.